The van der Waals surface area contributed by atoms with Gasteiger partial charge >= 0.3 is 0 Å². The second-order valence-electron chi connectivity index (χ2n) is 4.16. The maximum atomic E-state index is 9.51. The van der Waals surface area contributed by atoms with E-state index in [1.807, 2.05) is 18.2 Å². The Hall–Kier alpha value is -1.77. The van der Waals surface area contributed by atoms with Crippen molar-refractivity contribution in [1.82, 2.24) is 4.98 Å². The molecule has 0 atom stereocenters. The Morgan fingerprint density at radius 1 is 0.947 bits per heavy atom. The predicted molar refractivity (Wildman–Crippen MR) is 78.9 cm³/mol. The van der Waals surface area contributed by atoms with Crippen LogP contribution >= 0.6 is 23.2 Å². The molecule has 94 valence electrons. The molecule has 0 radical (unpaired) electrons. The van der Waals surface area contributed by atoms with E-state index in [2.05, 4.69) is 4.98 Å². The molecule has 0 amide bonds. The SMILES string of the molecule is Oc1ccc2c(-c3c(Cl)cccc3Cl)ccnc2c1. The van der Waals surface area contributed by atoms with E-state index in [4.69, 9.17) is 23.2 Å². The zero-order valence-electron chi connectivity index (χ0n) is 9.77. The first-order valence-electron chi connectivity index (χ1n) is 5.69. The third-order valence-electron chi connectivity index (χ3n) is 2.96. The standard InChI is InChI=1S/C15H9Cl2NO/c16-12-2-1-3-13(17)15(12)11-6-7-18-14-8-9(19)4-5-10(11)14/h1-8,19H. The number of hydrogen-bond acceptors (Lipinski definition) is 2. The van der Waals surface area contributed by atoms with Crippen molar-refractivity contribution in [3.8, 4) is 16.9 Å². The van der Waals surface area contributed by atoms with Gasteiger partial charge in [-0.05, 0) is 35.9 Å². The summed E-state index contributed by atoms with van der Waals surface area (Å²) in [6.07, 6.45) is 1.68. The fourth-order valence-electron chi connectivity index (χ4n) is 2.11. The molecule has 2 nitrogen and oxygen atoms in total. The van der Waals surface area contributed by atoms with Crippen molar-refractivity contribution in [3.63, 3.8) is 0 Å². The van der Waals surface area contributed by atoms with Crippen molar-refractivity contribution in [2.24, 2.45) is 0 Å². The molecule has 0 aliphatic rings. The second-order valence-corrected chi connectivity index (χ2v) is 4.97. The number of aromatic nitrogens is 1. The van der Waals surface area contributed by atoms with Crippen LogP contribution in [-0.4, -0.2) is 10.1 Å². The van der Waals surface area contributed by atoms with E-state index in [9.17, 15) is 5.11 Å². The highest BCUT2D eigenvalue weighted by atomic mass is 35.5. The Bertz CT molecular complexity index is 751. The summed E-state index contributed by atoms with van der Waals surface area (Å²) in [7, 11) is 0. The van der Waals surface area contributed by atoms with Gasteiger partial charge < -0.3 is 5.11 Å². The number of phenolic OH excluding ortho intramolecular Hbond substituents is 1. The number of pyridine rings is 1. The number of halogens is 2. The molecule has 0 unspecified atom stereocenters. The summed E-state index contributed by atoms with van der Waals surface area (Å²) >= 11 is 12.5. The molecule has 0 saturated carbocycles. The third-order valence-corrected chi connectivity index (χ3v) is 3.59. The van der Waals surface area contributed by atoms with Gasteiger partial charge in [-0.1, -0.05) is 29.3 Å². The van der Waals surface area contributed by atoms with E-state index < -0.39 is 0 Å². The van der Waals surface area contributed by atoms with Gasteiger partial charge in [0.1, 0.15) is 5.75 Å². The van der Waals surface area contributed by atoms with E-state index in [1.54, 1.807) is 30.5 Å². The van der Waals surface area contributed by atoms with Crippen LogP contribution in [0.3, 0.4) is 0 Å². The largest absolute Gasteiger partial charge is 0.508 e. The van der Waals surface area contributed by atoms with Gasteiger partial charge in [0.15, 0.2) is 0 Å². The van der Waals surface area contributed by atoms with Gasteiger partial charge in [0, 0.05) is 33.3 Å². The lowest BCUT2D eigenvalue weighted by Crippen LogP contribution is -1.86. The average molecular weight is 290 g/mol. The fraction of sp³-hybridized carbons (Fsp3) is 0. The molecule has 0 aliphatic heterocycles. The molecule has 0 fully saturated rings. The number of hydrogen-bond donors (Lipinski definition) is 1. The minimum absolute atomic E-state index is 0.183. The van der Waals surface area contributed by atoms with Crippen molar-refractivity contribution in [2.45, 2.75) is 0 Å². The molecule has 3 rings (SSSR count). The molecule has 1 aromatic heterocycles. The quantitative estimate of drug-likeness (QED) is 0.690. The summed E-state index contributed by atoms with van der Waals surface area (Å²) in [6, 6.07) is 12.3. The second kappa shape index (κ2) is 4.72. The first kappa shape index (κ1) is 12.3. The van der Waals surface area contributed by atoms with E-state index in [1.165, 1.54) is 0 Å². The van der Waals surface area contributed by atoms with Crippen LogP contribution in [0.15, 0.2) is 48.7 Å². The number of fused-ring (bicyclic) bond motifs is 1. The van der Waals surface area contributed by atoms with Crippen LogP contribution in [0.25, 0.3) is 22.0 Å². The van der Waals surface area contributed by atoms with Crippen LogP contribution in [0.4, 0.5) is 0 Å². The van der Waals surface area contributed by atoms with Gasteiger partial charge in [-0.15, -0.1) is 0 Å². The van der Waals surface area contributed by atoms with Crippen molar-refractivity contribution in [3.05, 3.63) is 58.7 Å². The lowest BCUT2D eigenvalue weighted by molar-refractivity contribution is 0.476. The van der Waals surface area contributed by atoms with Crippen molar-refractivity contribution in [2.75, 3.05) is 0 Å². The average Bonchev–Trinajstić information content (AvgIpc) is 2.38. The molecule has 4 heteroatoms. The van der Waals surface area contributed by atoms with E-state index in [-0.39, 0.29) is 5.75 Å². The van der Waals surface area contributed by atoms with Crippen molar-refractivity contribution in [1.29, 1.82) is 0 Å². The molecule has 19 heavy (non-hydrogen) atoms. The maximum Gasteiger partial charge on any atom is 0.117 e. The Morgan fingerprint density at radius 3 is 2.42 bits per heavy atom. The van der Waals surface area contributed by atoms with E-state index in [0.29, 0.717) is 15.6 Å². The van der Waals surface area contributed by atoms with Gasteiger partial charge in [-0.25, -0.2) is 0 Å². The first-order valence-corrected chi connectivity index (χ1v) is 6.44. The normalized spacial score (nSPS) is 10.8. The topological polar surface area (TPSA) is 33.1 Å². The van der Waals surface area contributed by atoms with E-state index >= 15 is 0 Å². The van der Waals surface area contributed by atoms with Crippen LogP contribution in [0.1, 0.15) is 0 Å². The number of nitrogens with zero attached hydrogens (tertiary/aromatic N) is 1. The zero-order valence-corrected chi connectivity index (χ0v) is 11.3. The molecule has 0 bridgehead atoms. The van der Waals surface area contributed by atoms with Crippen LogP contribution < -0.4 is 0 Å². The fourth-order valence-corrected chi connectivity index (χ4v) is 2.71. The summed E-state index contributed by atoms with van der Waals surface area (Å²) in [5, 5.41) is 11.6. The molecule has 0 spiro atoms. The molecular formula is C15H9Cl2NO. The van der Waals surface area contributed by atoms with Gasteiger partial charge in [0.2, 0.25) is 0 Å². The molecule has 0 aliphatic carbocycles. The Labute approximate surface area is 120 Å². The third kappa shape index (κ3) is 2.14. The highest BCUT2D eigenvalue weighted by molar-refractivity contribution is 6.39. The van der Waals surface area contributed by atoms with Crippen LogP contribution in [0.2, 0.25) is 10.0 Å². The summed E-state index contributed by atoms with van der Waals surface area (Å²) in [6.45, 7) is 0. The maximum absolute atomic E-state index is 9.51. The predicted octanol–water partition coefficient (Wildman–Crippen LogP) is 4.91. The van der Waals surface area contributed by atoms with Gasteiger partial charge in [-0.3, -0.25) is 4.98 Å². The van der Waals surface area contributed by atoms with Crippen LogP contribution in [-0.2, 0) is 0 Å². The highest BCUT2D eigenvalue weighted by Crippen LogP contribution is 2.38. The van der Waals surface area contributed by atoms with Gasteiger partial charge in [0.05, 0.1) is 5.52 Å². The Kier molecular flexibility index (Phi) is 3.05. The Balaban J connectivity index is 2.37. The van der Waals surface area contributed by atoms with Crippen LogP contribution in [0, 0.1) is 0 Å². The summed E-state index contributed by atoms with van der Waals surface area (Å²) in [5.41, 5.74) is 2.39. The number of rotatable bonds is 1. The molecule has 1 N–H and O–H groups in total. The first-order chi connectivity index (χ1) is 9.16. The lowest BCUT2D eigenvalue weighted by atomic mass is 10.0. The summed E-state index contributed by atoms with van der Waals surface area (Å²) in [5.74, 6) is 0.183. The minimum atomic E-state index is 0.183. The summed E-state index contributed by atoms with van der Waals surface area (Å²) in [4.78, 5) is 4.24. The number of aromatic hydroxyl groups is 1. The summed E-state index contributed by atoms with van der Waals surface area (Å²) < 4.78 is 0. The highest BCUT2D eigenvalue weighted by Gasteiger charge is 2.11. The molecular weight excluding hydrogens is 281 g/mol. The Morgan fingerprint density at radius 2 is 1.68 bits per heavy atom. The number of phenols is 1. The molecule has 0 saturated heterocycles. The van der Waals surface area contributed by atoms with Gasteiger partial charge in [0.25, 0.3) is 0 Å². The lowest BCUT2D eigenvalue weighted by Gasteiger charge is -2.10. The van der Waals surface area contributed by atoms with Crippen molar-refractivity contribution < 1.29 is 5.11 Å². The monoisotopic (exact) mass is 289 g/mol. The minimum Gasteiger partial charge on any atom is -0.508 e. The van der Waals surface area contributed by atoms with E-state index in [0.717, 1.165) is 16.5 Å². The molecule has 1 heterocycles. The smallest absolute Gasteiger partial charge is 0.117 e. The zero-order chi connectivity index (χ0) is 13.4. The molecule has 3 aromatic rings. The number of benzene rings is 2. The van der Waals surface area contributed by atoms with Crippen LogP contribution in [0.5, 0.6) is 5.75 Å². The van der Waals surface area contributed by atoms with Gasteiger partial charge in [-0.2, -0.15) is 0 Å². The molecule has 2 aromatic carbocycles. The van der Waals surface area contributed by atoms with Crippen molar-refractivity contribution >= 4 is 34.1 Å².